The number of hydrogen-bond acceptors (Lipinski definition) is 2. The number of nitrogens with two attached hydrogens (primary N) is 1. The second-order valence-electron chi connectivity index (χ2n) is 3.20. The van der Waals surface area contributed by atoms with E-state index in [-0.39, 0.29) is 11.9 Å². The Balaban J connectivity index is 2.94. The quantitative estimate of drug-likeness (QED) is 0.582. The van der Waals surface area contributed by atoms with Crippen LogP contribution in [0.1, 0.15) is 19.8 Å². The summed E-state index contributed by atoms with van der Waals surface area (Å²) < 4.78 is 0. The summed E-state index contributed by atoms with van der Waals surface area (Å²) in [7, 11) is 0. The Morgan fingerprint density at radius 2 is 2.00 bits per heavy atom. The Labute approximate surface area is 89.2 Å². The van der Waals surface area contributed by atoms with E-state index in [1.54, 1.807) is 12.1 Å². The number of nitrogens with one attached hydrogen (secondary N) is 1. The maximum atomic E-state index is 11.7. The average Bonchev–Trinajstić information content (AvgIpc) is 2.19. The molecule has 0 spiro atoms. The molecule has 0 unspecified atom stereocenters. The van der Waals surface area contributed by atoms with Crippen molar-refractivity contribution in [3.63, 3.8) is 0 Å². The number of hydrogen-bond donors (Lipinski definition) is 2. The maximum absolute atomic E-state index is 11.7. The summed E-state index contributed by atoms with van der Waals surface area (Å²) in [5.41, 5.74) is 6.03. The van der Waals surface area contributed by atoms with Gasteiger partial charge in [0.1, 0.15) is 0 Å². The zero-order valence-corrected chi connectivity index (χ0v) is 8.73. The summed E-state index contributed by atoms with van der Waals surface area (Å²) in [6.07, 6.45) is 1.14. The highest BCUT2D eigenvalue weighted by atomic mass is 16.2. The molecule has 1 rings (SSSR count). The normalized spacial score (nSPS) is 9.67. The number of carbonyl (C=O) groups is 1. The van der Waals surface area contributed by atoms with Crippen LogP contribution in [0, 0.1) is 5.41 Å². The van der Waals surface area contributed by atoms with Crippen LogP contribution in [0.4, 0.5) is 5.69 Å². The molecule has 0 saturated heterocycles. The molecule has 4 nitrogen and oxygen atoms in total. The third-order valence-electron chi connectivity index (χ3n) is 1.97. The van der Waals surface area contributed by atoms with Crippen LogP contribution in [0.25, 0.3) is 0 Å². The Kier molecular flexibility index (Phi) is 3.85. The maximum Gasteiger partial charge on any atom is 0.233 e. The number of para-hydroxylation sites is 1. The van der Waals surface area contributed by atoms with Crippen molar-refractivity contribution in [3.05, 3.63) is 30.3 Å². The second kappa shape index (κ2) is 5.14. The number of rotatable bonds is 3. The Morgan fingerprint density at radius 3 is 2.47 bits per heavy atom. The predicted molar refractivity (Wildman–Crippen MR) is 60.8 cm³/mol. The molecular weight excluding hydrogens is 190 g/mol. The van der Waals surface area contributed by atoms with Gasteiger partial charge in [-0.25, -0.2) is 0 Å². The molecule has 0 radical (unpaired) electrons. The molecule has 0 aliphatic rings. The highest BCUT2D eigenvalue weighted by Gasteiger charge is 2.16. The van der Waals surface area contributed by atoms with Crippen LogP contribution >= 0.6 is 0 Å². The van der Waals surface area contributed by atoms with Crippen molar-refractivity contribution >= 4 is 17.6 Å². The fourth-order valence-corrected chi connectivity index (χ4v) is 1.32. The Bertz CT molecular complexity index is 348. The highest BCUT2D eigenvalue weighted by molar-refractivity contribution is 6.14. The third kappa shape index (κ3) is 2.80. The summed E-state index contributed by atoms with van der Waals surface area (Å²) in [5, 5.41) is 7.38. The summed E-state index contributed by atoms with van der Waals surface area (Å²) in [6.45, 7) is 1.92. The first-order chi connectivity index (χ1) is 7.16. The number of nitrogens with zero attached hydrogens (tertiary/aromatic N) is 1. The van der Waals surface area contributed by atoms with E-state index in [0.29, 0.717) is 12.1 Å². The van der Waals surface area contributed by atoms with Crippen LogP contribution in [0.3, 0.4) is 0 Å². The van der Waals surface area contributed by atoms with Gasteiger partial charge in [0.2, 0.25) is 5.91 Å². The van der Waals surface area contributed by atoms with Crippen molar-refractivity contribution in [2.24, 2.45) is 5.73 Å². The first-order valence-corrected chi connectivity index (χ1v) is 4.88. The van der Waals surface area contributed by atoms with Gasteiger partial charge >= 0.3 is 0 Å². The minimum atomic E-state index is -0.236. The molecule has 0 atom stereocenters. The van der Waals surface area contributed by atoms with Gasteiger partial charge in [-0.2, -0.15) is 0 Å². The smallest absolute Gasteiger partial charge is 0.233 e. The lowest BCUT2D eigenvalue weighted by Gasteiger charge is -2.20. The van der Waals surface area contributed by atoms with Crippen LogP contribution in [-0.4, -0.2) is 11.9 Å². The van der Waals surface area contributed by atoms with Crippen LogP contribution < -0.4 is 10.6 Å². The van der Waals surface area contributed by atoms with Crippen molar-refractivity contribution in [1.82, 2.24) is 0 Å². The summed E-state index contributed by atoms with van der Waals surface area (Å²) in [5.74, 6) is -0.379. The largest absolute Gasteiger partial charge is 0.369 e. The van der Waals surface area contributed by atoms with Gasteiger partial charge < -0.3 is 5.73 Å². The molecule has 0 aliphatic heterocycles. The number of guanidine groups is 1. The lowest BCUT2D eigenvalue weighted by molar-refractivity contribution is -0.117. The van der Waals surface area contributed by atoms with Gasteiger partial charge in [0.05, 0.1) is 5.69 Å². The van der Waals surface area contributed by atoms with Crippen LogP contribution in [0.2, 0.25) is 0 Å². The van der Waals surface area contributed by atoms with Gasteiger partial charge in [0, 0.05) is 6.42 Å². The SMILES string of the molecule is CCCC(=O)N(C(=N)N)c1ccccc1. The van der Waals surface area contributed by atoms with E-state index in [9.17, 15) is 4.79 Å². The predicted octanol–water partition coefficient (Wildman–Crippen LogP) is 1.71. The van der Waals surface area contributed by atoms with E-state index in [0.717, 1.165) is 6.42 Å². The van der Waals surface area contributed by atoms with Crippen LogP contribution in [0.15, 0.2) is 30.3 Å². The molecule has 0 heterocycles. The van der Waals surface area contributed by atoms with Gasteiger partial charge in [-0.3, -0.25) is 15.1 Å². The van der Waals surface area contributed by atoms with Gasteiger partial charge in [0.15, 0.2) is 5.96 Å². The Morgan fingerprint density at radius 1 is 1.40 bits per heavy atom. The zero-order chi connectivity index (χ0) is 11.3. The van der Waals surface area contributed by atoms with Crippen LogP contribution in [-0.2, 0) is 4.79 Å². The third-order valence-corrected chi connectivity index (χ3v) is 1.97. The lowest BCUT2D eigenvalue weighted by Crippen LogP contribution is -2.41. The van der Waals surface area contributed by atoms with Gasteiger partial charge in [-0.05, 0) is 18.6 Å². The molecule has 0 fully saturated rings. The number of anilines is 1. The minimum Gasteiger partial charge on any atom is -0.369 e. The summed E-state index contributed by atoms with van der Waals surface area (Å²) in [6, 6.07) is 8.99. The molecule has 15 heavy (non-hydrogen) atoms. The molecule has 0 bridgehead atoms. The number of benzene rings is 1. The molecule has 0 aliphatic carbocycles. The fourth-order valence-electron chi connectivity index (χ4n) is 1.32. The van der Waals surface area contributed by atoms with Gasteiger partial charge in [-0.1, -0.05) is 25.1 Å². The highest BCUT2D eigenvalue weighted by Crippen LogP contribution is 2.14. The minimum absolute atomic E-state index is 0.142. The molecule has 3 N–H and O–H groups in total. The van der Waals surface area contributed by atoms with Crippen molar-refractivity contribution in [2.45, 2.75) is 19.8 Å². The molecule has 1 aromatic carbocycles. The summed E-state index contributed by atoms with van der Waals surface area (Å²) >= 11 is 0. The van der Waals surface area contributed by atoms with Crippen molar-refractivity contribution < 1.29 is 4.79 Å². The van der Waals surface area contributed by atoms with E-state index in [2.05, 4.69) is 0 Å². The zero-order valence-electron chi connectivity index (χ0n) is 8.73. The van der Waals surface area contributed by atoms with E-state index in [4.69, 9.17) is 11.1 Å². The van der Waals surface area contributed by atoms with E-state index in [1.165, 1.54) is 4.90 Å². The number of carbonyl (C=O) groups excluding carboxylic acids is 1. The van der Waals surface area contributed by atoms with Crippen LogP contribution in [0.5, 0.6) is 0 Å². The molecule has 0 aromatic heterocycles. The first kappa shape index (κ1) is 11.2. The van der Waals surface area contributed by atoms with Crippen molar-refractivity contribution in [1.29, 1.82) is 5.41 Å². The number of amides is 1. The topological polar surface area (TPSA) is 70.2 Å². The standard InChI is InChI=1S/C11H15N3O/c1-2-6-10(15)14(11(12)13)9-7-4-3-5-8-9/h3-5,7-8H,2,6H2,1H3,(H3,12,13). The molecule has 80 valence electrons. The van der Waals surface area contributed by atoms with Gasteiger partial charge in [-0.15, -0.1) is 0 Å². The molecule has 0 saturated carbocycles. The molecular formula is C11H15N3O. The van der Waals surface area contributed by atoms with Crippen molar-refractivity contribution in [3.8, 4) is 0 Å². The monoisotopic (exact) mass is 205 g/mol. The molecule has 1 amide bonds. The van der Waals surface area contributed by atoms with Gasteiger partial charge in [0.25, 0.3) is 0 Å². The fraction of sp³-hybridized carbons (Fsp3) is 0.273. The van der Waals surface area contributed by atoms with Crippen molar-refractivity contribution in [2.75, 3.05) is 4.90 Å². The lowest BCUT2D eigenvalue weighted by atomic mass is 10.2. The van der Waals surface area contributed by atoms with E-state index >= 15 is 0 Å². The average molecular weight is 205 g/mol. The Hall–Kier alpha value is -1.84. The van der Waals surface area contributed by atoms with E-state index < -0.39 is 0 Å². The molecule has 4 heteroatoms. The first-order valence-electron chi connectivity index (χ1n) is 4.88. The second-order valence-corrected chi connectivity index (χ2v) is 3.20. The molecule has 1 aromatic rings. The van der Waals surface area contributed by atoms with E-state index in [1.807, 2.05) is 25.1 Å². The summed E-state index contributed by atoms with van der Waals surface area (Å²) in [4.78, 5) is 12.9.